The molecule has 0 aliphatic carbocycles. The van der Waals surface area contributed by atoms with Crippen LogP contribution in [0.4, 0.5) is 5.69 Å². The molecule has 0 aliphatic rings. The van der Waals surface area contributed by atoms with Crippen molar-refractivity contribution in [3.63, 3.8) is 0 Å². The molecule has 0 aliphatic heterocycles. The van der Waals surface area contributed by atoms with E-state index in [4.69, 9.17) is 9.84 Å². The van der Waals surface area contributed by atoms with Crippen LogP contribution in [0.2, 0.25) is 0 Å². The number of carbonyl (C=O) groups excluding carboxylic acids is 1. The Kier molecular flexibility index (Phi) is 6.72. The van der Waals surface area contributed by atoms with Crippen molar-refractivity contribution in [2.24, 2.45) is 5.10 Å². The number of nitrogens with zero attached hydrogens (tertiary/aromatic N) is 2. The topological polar surface area (TPSA) is 125 Å². The molecule has 148 valence electrons. The summed E-state index contributed by atoms with van der Waals surface area (Å²) in [6.07, 6.45) is 2.16. The molecule has 0 saturated heterocycles. The van der Waals surface area contributed by atoms with E-state index < -0.39 is 28.4 Å². The molecule has 0 aromatic heterocycles. The van der Waals surface area contributed by atoms with E-state index in [1.165, 1.54) is 37.6 Å². The minimum absolute atomic E-state index is 0.0228. The van der Waals surface area contributed by atoms with E-state index in [2.05, 4.69) is 10.5 Å². The van der Waals surface area contributed by atoms with Gasteiger partial charge in [0.1, 0.15) is 12.3 Å². The van der Waals surface area contributed by atoms with Gasteiger partial charge in [0, 0.05) is 11.6 Å². The van der Waals surface area contributed by atoms with Crippen molar-refractivity contribution >= 4 is 33.8 Å². The van der Waals surface area contributed by atoms with E-state index in [-0.39, 0.29) is 11.3 Å². The molecule has 0 saturated carbocycles. The number of carboxylic acids is 1. The third kappa shape index (κ3) is 5.55. The SMILES string of the molecule is COc1cccc(N(CC(=O)N/N=C\c2ccccc2C(=O)O)S(C)(=O)=O)c1. The van der Waals surface area contributed by atoms with Gasteiger partial charge in [-0.2, -0.15) is 5.10 Å². The molecule has 2 rings (SSSR count). The first-order valence-electron chi connectivity index (χ1n) is 7.98. The molecule has 0 atom stereocenters. The molecule has 2 aromatic rings. The number of carboxylic acid groups (broad SMARTS) is 1. The van der Waals surface area contributed by atoms with Crippen LogP contribution in [0, 0.1) is 0 Å². The number of sulfonamides is 1. The molecule has 0 unspecified atom stereocenters. The van der Waals surface area contributed by atoms with Crippen molar-refractivity contribution in [2.45, 2.75) is 0 Å². The smallest absolute Gasteiger partial charge is 0.336 e. The van der Waals surface area contributed by atoms with Crippen molar-refractivity contribution in [3.8, 4) is 5.75 Å². The maximum Gasteiger partial charge on any atom is 0.336 e. The molecule has 0 bridgehead atoms. The molecular weight excluding hydrogens is 386 g/mol. The quantitative estimate of drug-likeness (QED) is 0.504. The number of hydrogen-bond acceptors (Lipinski definition) is 6. The maximum atomic E-state index is 12.2. The van der Waals surface area contributed by atoms with Crippen LogP contribution in [0.1, 0.15) is 15.9 Å². The molecule has 9 nitrogen and oxygen atoms in total. The number of amides is 1. The summed E-state index contributed by atoms with van der Waals surface area (Å²) in [6, 6.07) is 12.4. The summed E-state index contributed by atoms with van der Waals surface area (Å²) >= 11 is 0. The normalized spacial score (nSPS) is 11.2. The predicted molar refractivity (Wildman–Crippen MR) is 104 cm³/mol. The van der Waals surface area contributed by atoms with Crippen LogP contribution < -0.4 is 14.5 Å². The highest BCUT2D eigenvalue weighted by Crippen LogP contribution is 2.22. The van der Waals surface area contributed by atoms with Crippen molar-refractivity contribution in [2.75, 3.05) is 24.2 Å². The number of hydrogen-bond donors (Lipinski definition) is 2. The van der Waals surface area contributed by atoms with Crippen LogP contribution in [-0.4, -0.2) is 51.5 Å². The monoisotopic (exact) mass is 405 g/mol. The van der Waals surface area contributed by atoms with Gasteiger partial charge in [-0.1, -0.05) is 24.3 Å². The summed E-state index contributed by atoms with van der Waals surface area (Å²) in [7, 11) is -2.30. The predicted octanol–water partition coefficient (Wildman–Crippen LogP) is 1.31. The minimum atomic E-state index is -3.75. The second kappa shape index (κ2) is 9.00. The van der Waals surface area contributed by atoms with E-state index in [1.54, 1.807) is 24.3 Å². The van der Waals surface area contributed by atoms with Gasteiger partial charge >= 0.3 is 5.97 Å². The molecule has 2 N–H and O–H groups in total. The lowest BCUT2D eigenvalue weighted by Crippen LogP contribution is -2.39. The summed E-state index contributed by atoms with van der Waals surface area (Å²) in [5.74, 6) is -1.39. The average molecular weight is 405 g/mol. The highest BCUT2D eigenvalue weighted by molar-refractivity contribution is 7.92. The van der Waals surface area contributed by atoms with E-state index in [0.29, 0.717) is 11.3 Å². The van der Waals surface area contributed by atoms with Crippen molar-refractivity contribution in [1.82, 2.24) is 5.43 Å². The van der Waals surface area contributed by atoms with E-state index in [1.807, 2.05) is 0 Å². The van der Waals surface area contributed by atoms with Gasteiger partial charge < -0.3 is 9.84 Å². The third-order valence-corrected chi connectivity index (χ3v) is 4.75. The third-order valence-electron chi connectivity index (χ3n) is 3.61. The molecule has 28 heavy (non-hydrogen) atoms. The zero-order chi connectivity index (χ0) is 20.7. The molecule has 0 radical (unpaired) electrons. The number of methoxy groups -OCH3 is 1. The molecular formula is C18H19N3O6S. The van der Waals surface area contributed by atoms with Crippen LogP contribution >= 0.6 is 0 Å². The van der Waals surface area contributed by atoms with Crippen LogP contribution in [-0.2, 0) is 14.8 Å². The summed E-state index contributed by atoms with van der Waals surface area (Å²) in [5.41, 5.74) is 2.78. The van der Waals surface area contributed by atoms with Gasteiger partial charge in [0.25, 0.3) is 5.91 Å². The van der Waals surface area contributed by atoms with Crippen LogP contribution in [0.3, 0.4) is 0 Å². The summed E-state index contributed by atoms with van der Waals surface area (Å²) in [5, 5.41) is 12.8. The number of carbonyl (C=O) groups is 2. The number of rotatable bonds is 8. The molecule has 0 fully saturated rings. The summed E-state index contributed by atoms with van der Waals surface area (Å²) < 4.78 is 30.1. The Morgan fingerprint density at radius 1 is 1.21 bits per heavy atom. The Bertz CT molecular complexity index is 1000. The molecule has 0 heterocycles. The van der Waals surface area contributed by atoms with Gasteiger partial charge in [0.2, 0.25) is 10.0 Å². The van der Waals surface area contributed by atoms with E-state index in [0.717, 1.165) is 10.6 Å². The van der Waals surface area contributed by atoms with E-state index in [9.17, 15) is 18.0 Å². The molecule has 0 spiro atoms. The molecule has 2 aromatic carbocycles. The van der Waals surface area contributed by atoms with Gasteiger partial charge in [0.15, 0.2) is 0 Å². The Balaban J connectivity index is 2.14. The number of ether oxygens (including phenoxy) is 1. The van der Waals surface area contributed by atoms with Gasteiger partial charge in [-0.25, -0.2) is 18.6 Å². The zero-order valence-electron chi connectivity index (χ0n) is 15.2. The van der Waals surface area contributed by atoms with Gasteiger partial charge in [-0.3, -0.25) is 9.10 Å². The fourth-order valence-electron chi connectivity index (χ4n) is 2.31. The van der Waals surface area contributed by atoms with Crippen LogP contribution in [0.5, 0.6) is 5.75 Å². The lowest BCUT2D eigenvalue weighted by atomic mass is 10.1. The lowest BCUT2D eigenvalue weighted by molar-refractivity contribution is -0.119. The minimum Gasteiger partial charge on any atom is -0.497 e. The number of benzene rings is 2. The van der Waals surface area contributed by atoms with Crippen molar-refractivity contribution in [1.29, 1.82) is 0 Å². The summed E-state index contributed by atoms with van der Waals surface area (Å²) in [4.78, 5) is 23.3. The van der Waals surface area contributed by atoms with Gasteiger partial charge in [-0.05, 0) is 18.2 Å². The highest BCUT2D eigenvalue weighted by Gasteiger charge is 2.21. The number of anilines is 1. The highest BCUT2D eigenvalue weighted by atomic mass is 32.2. The molecule has 10 heteroatoms. The lowest BCUT2D eigenvalue weighted by Gasteiger charge is -2.21. The fourth-order valence-corrected chi connectivity index (χ4v) is 3.16. The Labute approximate surface area is 162 Å². The Hall–Kier alpha value is -3.40. The van der Waals surface area contributed by atoms with Crippen molar-refractivity contribution < 1.29 is 27.9 Å². The average Bonchev–Trinajstić information content (AvgIpc) is 2.65. The number of hydrazone groups is 1. The standard InChI is InChI=1S/C18H19N3O6S/c1-27-15-8-5-7-14(10-15)21(28(2,25)26)12-17(22)20-19-11-13-6-3-4-9-16(13)18(23)24/h3-11H,12H2,1-2H3,(H,20,22)(H,23,24)/b19-11-. The Morgan fingerprint density at radius 2 is 1.93 bits per heavy atom. The van der Waals surface area contributed by atoms with Crippen molar-refractivity contribution in [3.05, 3.63) is 59.7 Å². The molecule has 1 amide bonds. The number of aromatic carboxylic acids is 1. The van der Waals surface area contributed by atoms with Crippen LogP contribution in [0.25, 0.3) is 0 Å². The first kappa shape index (κ1) is 20.9. The van der Waals surface area contributed by atoms with Gasteiger partial charge in [0.05, 0.1) is 30.8 Å². The second-order valence-electron chi connectivity index (χ2n) is 5.66. The Morgan fingerprint density at radius 3 is 2.57 bits per heavy atom. The maximum absolute atomic E-state index is 12.2. The fraction of sp³-hybridized carbons (Fsp3) is 0.167. The van der Waals surface area contributed by atoms with E-state index >= 15 is 0 Å². The largest absolute Gasteiger partial charge is 0.497 e. The zero-order valence-corrected chi connectivity index (χ0v) is 16.0. The first-order valence-corrected chi connectivity index (χ1v) is 9.83. The van der Waals surface area contributed by atoms with Gasteiger partial charge in [-0.15, -0.1) is 0 Å². The number of nitrogens with one attached hydrogen (secondary N) is 1. The summed E-state index contributed by atoms with van der Waals surface area (Å²) in [6.45, 7) is -0.510. The second-order valence-corrected chi connectivity index (χ2v) is 7.56. The first-order chi connectivity index (χ1) is 13.2. The van der Waals surface area contributed by atoms with Crippen LogP contribution in [0.15, 0.2) is 53.6 Å².